The Hall–Kier alpha value is -1.69. The van der Waals surface area contributed by atoms with E-state index in [9.17, 15) is 13.6 Å². The number of amides is 1. The standard InChI is InChI=1S/C19H26F2N2O2/c20-19(21)25-17-8-4-5-15(11-17)18(24)22-12-14-9-10-23(13-14)16-6-2-1-3-7-16/h4-5,8,11,14,16,19H,1-3,6-7,9-10,12-13H2,(H,22,24)/t14-/m1/s1. The number of hydrogen-bond acceptors (Lipinski definition) is 3. The number of rotatable bonds is 6. The molecule has 0 unspecified atom stereocenters. The van der Waals surface area contributed by atoms with E-state index in [0.29, 0.717) is 18.0 Å². The van der Waals surface area contributed by atoms with E-state index in [1.54, 1.807) is 12.1 Å². The molecule has 0 spiro atoms. The number of ether oxygens (including phenoxy) is 1. The second-order valence-electron chi connectivity index (χ2n) is 7.06. The molecule has 138 valence electrons. The van der Waals surface area contributed by atoms with Crippen molar-refractivity contribution in [1.29, 1.82) is 0 Å². The molecule has 2 aliphatic rings. The number of benzene rings is 1. The molecule has 1 saturated carbocycles. The number of halogens is 2. The van der Waals surface area contributed by atoms with Gasteiger partial charge in [-0.25, -0.2) is 0 Å². The van der Waals surface area contributed by atoms with E-state index in [1.807, 2.05) is 0 Å². The van der Waals surface area contributed by atoms with Crippen molar-refractivity contribution in [3.63, 3.8) is 0 Å². The normalized spacial score (nSPS) is 22.3. The van der Waals surface area contributed by atoms with Crippen LogP contribution in [0.2, 0.25) is 0 Å². The largest absolute Gasteiger partial charge is 0.435 e. The summed E-state index contributed by atoms with van der Waals surface area (Å²) in [5.41, 5.74) is 0.347. The summed E-state index contributed by atoms with van der Waals surface area (Å²) in [6.07, 6.45) is 7.73. The summed E-state index contributed by atoms with van der Waals surface area (Å²) < 4.78 is 28.9. The first-order valence-electron chi connectivity index (χ1n) is 9.19. The van der Waals surface area contributed by atoms with E-state index in [1.165, 1.54) is 44.2 Å². The van der Waals surface area contributed by atoms with Crippen LogP contribution in [0.15, 0.2) is 24.3 Å². The quantitative estimate of drug-likeness (QED) is 0.849. The molecule has 1 atom stereocenters. The van der Waals surface area contributed by atoms with Gasteiger partial charge in [0.25, 0.3) is 5.91 Å². The van der Waals surface area contributed by atoms with Crippen LogP contribution in [0.3, 0.4) is 0 Å². The van der Waals surface area contributed by atoms with Crippen molar-refractivity contribution in [3.8, 4) is 5.75 Å². The molecule has 0 radical (unpaired) electrons. The molecule has 0 bridgehead atoms. The summed E-state index contributed by atoms with van der Waals surface area (Å²) in [7, 11) is 0. The zero-order chi connectivity index (χ0) is 17.6. The molecule has 1 amide bonds. The van der Waals surface area contributed by atoms with Crippen LogP contribution in [0.5, 0.6) is 5.75 Å². The van der Waals surface area contributed by atoms with Crippen molar-refractivity contribution >= 4 is 5.91 Å². The molecule has 1 aromatic carbocycles. The molecule has 25 heavy (non-hydrogen) atoms. The molecule has 2 fully saturated rings. The second kappa shape index (κ2) is 8.61. The van der Waals surface area contributed by atoms with E-state index < -0.39 is 6.61 Å². The lowest BCUT2D eigenvalue weighted by Crippen LogP contribution is -2.36. The maximum Gasteiger partial charge on any atom is 0.387 e. The van der Waals surface area contributed by atoms with Crippen LogP contribution in [-0.2, 0) is 0 Å². The fraction of sp³-hybridized carbons (Fsp3) is 0.632. The van der Waals surface area contributed by atoms with Gasteiger partial charge in [0.05, 0.1) is 0 Å². The molecule has 0 aromatic heterocycles. The summed E-state index contributed by atoms with van der Waals surface area (Å²) >= 11 is 0. The first-order chi connectivity index (χ1) is 12.1. The van der Waals surface area contributed by atoms with Crippen LogP contribution in [-0.4, -0.2) is 43.1 Å². The van der Waals surface area contributed by atoms with E-state index in [4.69, 9.17) is 0 Å². The zero-order valence-electron chi connectivity index (χ0n) is 14.4. The molecule has 1 heterocycles. The summed E-state index contributed by atoms with van der Waals surface area (Å²) in [5.74, 6) is 0.231. The van der Waals surface area contributed by atoms with Gasteiger partial charge in [0.2, 0.25) is 0 Å². The fourth-order valence-electron chi connectivity index (χ4n) is 3.96. The third-order valence-corrected chi connectivity index (χ3v) is 5.28. The molecule has 4 nitrogen and oxygen atoms in total. The van der Waals surface area contributed by atoms with E-state index in [-0.39, 0.29) is 11.7 Å². The lowest BCUT2D eigenvalue weighted by Gasteiger charge is -2.31. The Balaban J connectivity index is 1.46. The van der Waals surface area contributed by atoms with Crippen molar-refractivity contribution in [2.45, 2.75) is 51.2 Å². The van der Waals surface area contributed by atoms with Gasteiger partial charge < -0.3 is 15.0 Å². The number of alkyl halides is 2. The molecule has 1 aliphatic carbocycles. The topological polar surface area (TPSA) is 41.6 Å². The second-order valence-corrected chi connectivity index (χ2v) is 7.06. The van der Waals surface area contributed by atoms with Crippen molar-refractivity contribution < 1.29 is 18.3 Å². The maximum absolute atomic E-state index is 12.3. The average Bonchev–Trinajstić information content (AvgIpc) is 3.09. The Morgan fingerprint density at radius 2 is 2.04 bits per heavy atom. The van der Waals surface area contributed by atoms with Crippen LogP contribution >= 0.6 is 0 Å². The van der Waals surface area contributed by atoms with Gasteiger partial charge in [-0.3, -0.25) is 4.79 Å². The third kappa shape index (κ3) is 5.14. The Kier molecular flexibility index (Phi) is 6.24. The van der Waals surface area contributed by atoms with Crippen LogP contribution in [0.4, 0.5) is 8.78 Å². The van der Waals surface area contributed by atoms with Gasteiger partial charge in [0, 0.05) is 24.7 Å². The van der Waals surface area contributed by atoms with Crippen molar-refractivity contribution in [3.05, 3.63) is 29.8 Å². The van der Waals surface area contributed by atoms with Crippen LogP contribution in [0.25, 0.3) is 0 Å². The number of nitrogens with one attached hydrogen (secondary N) is 1. The lowest BCUT2D eigenvalue weighted by molar-refractivity contribution is -0.0498. The predicted octanol–water partition coefficient (Wildman–Crippen LogP) is 3.67. The van der Waals surface area contributed by atoms with Gasteiger partial charge >= 0.3 is 6.61 Å². The Labute approximate surface area is 147 Å². The Bertz CT molecular complexity index is 576. The van der Waals surface area contributed by atoms with Gasteiger partial charge in [-0.15, -0.1) is 0 Å². The van der Waals surface area contributed by atoms with Crippen LogP contribution in [0.1, 0.15) is 48.9 Å². The summed E-state index contributed by atoms with van der Waals surface area (Å²) in [5, 5.41) is 2.94. The van der Waals surface area contributed by atoms with Gasteiger partial charge in [-0.05, 0) is 49.9 Å². The Morgan fingerprint density at radius 3 is 2.80 bits per heavy atom. The van der Waals surface area contributed by atoms with E-state index in [0.717, 1.165) is 25.6 Å². The van der Waals surface area contributed by atoms with Crippen LogP contribution in [0, 0.1) is 5.92 Å². The minimum Gasteiger partial charge on any atom is -0.435 e. The first kappa shape index (κ1) is 18.1. The van der Waals surface area contributed by atoms with Crippen molar-refractivity contribution in [2.75, 3.05) is 19.6 Å². The lowest BCUT2D eigenvalue weighted by atomic mass is 9.94. The fourth-order valence-corrected chi connectivity index (χ4v) is 3.96. The molecule has 1 saturated heterocycles. The van der Waals surface area contributed by atoms with Gasteiger partial charge in [0.1, 0.15) is 5.75 Å². The number of nitrogens with zero attached hydrogens (tertiary/aromatic N) is 1. The van der Waals surface area contributed by atoms with Crippen molar-refractivity contribution in [2.24, 2.45) is 5.92 Å². The number of carbonyl (C=O) groups is 1. The average molecular weight is 352 g/mol. The highest BCUT2D eigenvalue weighted by molar-refractivity contribution is 5.94. The highest BCUT2D eigenvalue weighted by atomic mass is 19.3. The minimum absolute atomic E-state index is 0.00647. The van der Waals surface area contributed by atoms with Gasteiger partial charge in [-0.1, -0.05) is 25.3 Å². The van der Waals surface area contributed by atoms with Gasteiger partial charge in [-0.2, -0.15) is 8.78 Å². The molecule has 1 N–H and O–H groups in total. The molecule has 3 rings (SSSR count). The zero-order valence-corrected chi connectivity index (χ0v) is 14.4. The maximum atomic E-state index is 12.3. The van der Waals surface area contributed by atoms with Crippen molar-refractivity contribution in [1.82, 2.24) is 10.2 Å². The van der Waals surface area contributed by atoms with Gasteiger partial charge in [0.15, 0.2) is 0 Å². The SMILES string of the molecule is O=C(NC[C@H]1CCN(C2CCCCC2)C1)c1cccc(OC(F)F)c1. The molecular formula is C19H26F2N2O2. The molecule has 1 aromatic rings. The Morgan fingerprint density at radius 1 is 1.24 bits per heavy atom. The van der Waals surface area contributed by atoms with Crippen LogP contribution < -0.4 is 10.1 Å². The number of carbonyl (C=O) groups excluding carboxylic acids is 1. The first-order valence-corrected chi connectivity index (χ1v) is 9.19. The minimum atomic E-state index is -2.89. The highest BCUT2D eigenvalue weighted by Crippen LogP contribution is 2.27. The molecule has 1 aliphatic heterocycles. The van der Waals surface area contributed by atoms with E-state index in [2.05, 4.69) is 15.0 Å². The third-order valence-electron chi connectivity index (χ3n) is 5.28. The smallest absolute Gasteiger partial charge is 0.387 e. The monoisotopic (exact) mass is 352 g/mol. The summed E-state index contributed by atoms with van der Waals surface area (Å²) in [4.78, 5) is 14.8. The number of hydrogen-bond donors (Lipinski definition) is 1. The number of likely N-dealkylation sites (tertiary alicyclic amines) is 1. The molecule has 6 heteroatoms. The molecular weight excluding hydrogens is 326 g/mol. The summed E-state index contributed by atoms with van der Waals surface area (Å²) in [6, 6.07) is 6.65. The predicted molar refractivity (Wildman–Crippen MR) is 92.0 cm³/mol. The highest BCUT2D eigenvalue weighted by Gasteiger charge is 2.29. The van der Waals surface area contributed by atoms with E-state index >= 15 is 0 Å². The summed E-state index contributed by atoms with van der Waals surface area (Å²) in [6.45, 7) is -0.104.